The number of nitrogens with one attached hydrogen (secondary N) is 1. The third-order valence-corrected chi connectivity index (χ3v) is 2.58. The third-order valence-electron chi connectivity index (χ3n) is 2.58. The molecular weight excluding hydrogens is 204 g/mol. The van der Waals surface area contributed by atoms with Gasteiger partial charge in [-0.3, -0.25) is 4.90 Å². The number of likely N-dealkylation sites (N-methyl/N-ethyl adjacent to an activating group) is 2. The smallest absolute Gasteiger partial charge is 0.122 e. The fourth-order valence-corrected chi connectivity index (χ4v) is 1.71. The monoisotopic (exact) mass is 226 g/mol. The Bertz CT molecular complexity index is 300. The van der Waals surface area contributed by atoms with Gasteiger partial charge in [0.1, 0.15) is 5.82 Å². The minimum atomic E-state index is 0.135. The van der Waals surface area contributed by atoms with Crippen molar-refractivity contribution < 1.29 is 5.11 Å². The molecule has 1 unspecified atom stereocenters. The van der Waals surface area contributed by atoms with Gasteiger partial charge in [-0.15, -0.1) is 0 Å². The van der Waals surface area contributed by atoms with E-state index in [0.717, 1.165) is 25.5 Å². The molecule has 0 amide bonds. The van der Waals surface area contributed by atoms with Crippen molar-refractivity contribution in [2.24, 2.45) is 7.05 Å². The van der Waals surface area contributed by atoms with Gasteiger partial charge in [-0.25, -0.2) is 4.98 Å². The molecule has 16 heavy (non-hydrogen) atoms. The van der Waals surface area contributed by atoms with Gasteiger partial charge in [-0.1, -0.05) is 6.92 Å². The number of aliphatic hydroxyl groups excluding tert-OH is 1. The highest BCUT2D eigenvalue weighted by Gasteiger charge is 2.10. The molecule has 0 aliphatic rings. The van der Waals surface area contributed by atoms with E-state index in [0.29, 0.717) is 0 Å². The van der Waals surface area contributed by atoms with E-state index >= 15 is 0 Å². The van der Waals surface area contributed by atoms with Crippen molar-refractivity contribution in [3.8, 4) is 0 Å². The van der Waals surface area contributed by atoms with E-state index in [4.69, 9.17) is 0 Å². The van der Waals surface area contributed by atoms with Crippen LogP contribution in [0.4, 0.5) is 0 Å². The molecule has 92 valence electrons. The topological polar surface area (TPSA) is 53.3 Å². The van der Waals surface area contributed by atoms with E-state index in [2.05, 4.69) is 15.2 Å². The first-order valence-corrected chi connectivity index (χ1v) is 5.66. The minimum absolute atomic E-state index is 0.135. The Morgan fingerprint density at radius 3 is 2.88 bits per heavy atom. The lowest BCUT2D eigenvalue weighted by atomic mass is 10.3. The van der Waals surface area contributed by atoms with Crippen molar-refractivity contribution in [3.63, 3.8) is 0 Å². The quantitative estimate of drug-likeness (QED) is 0.677. The van der Waals surface area contributed by atoms with E-state index in [1.54, 1.807) is 6.20 Å². The molecule has 0 saturated carbocycles. The Kier molecular flexibility index (Phi) is 5.45. The molecule has 5 nitrogen and oxygen atoms in total. The van der Waals surface area contributed by atoms with E-state index in [1.807, 2.05) is 31.8 Å². The molecule has 0 bridgehead atoms. The summed E-state index contributed by atoms with van der Waals surface area (Å²) in [6, 6.07) is 0.135. The predicted molar refractivity (Wildman–Crippen MR) is 64.1 cm³/mol. The molecule has 1 atom stereocenters. The molecule has 0 spiro atoms. The summed E-state index contributed by atoms with van der Waals surface area (Å²) in [5, 5.41) is 12.4. The van der Waals surface area contributed by atoms with Crippen LogP contribution in [0.1, 0.15) is 12.7 Å². The molecule has 0 aliphatic heterocycles. The van der Waals surface area contributed by atoms with Crippen LogP contribution in [0, 0.1) is 0 Å². The van der Waals surface area contributed by atoms with Gasteiger partial charge in [0.25, 0.3) is 0 Å². The van der Waals surface area contributed by atoms with Crippen LogP contribution in [-0.4, -0.2) is 52.3 Å². The molecule has 1 heterocycles. The van der Waals surface area contributed by atoms with E-state index in [9.17, 15) is 5.11 Å². The summed E-state index contributed by atoms with van der Waals surface area (Å²) in [6.45, 7) is 4.70. The predicted octanol–water partition coefficient (Wildman–Crippen LogP) is -0.178. The molecule has 0 fully saturated rings. The summed E-state index contributed by atoms with van der Waals surface area (Å²) in [4.78, 5) is 6.43. The highest BCUT2D eigenvalue weighted by Crippen LogP contribution is 2.00. The summed E-state index contributed by atoms with van der Waals surface area (Å²) in [7, 11) is 4.03. The van der Waals surface area contributed by atoms with Crippen LogP contribution >= 0.6 is 0 Å². The molecule has 0 saturated heterocycles. The molecule has 1 rings (SSSR count). The van der Waals surface area contributed by atoms with Gasteiger partial charge in [0.2, 0.25) is 0 Å². The number of aromatic nitrogens is 2. The Labute approximate surface area is 97.1 Å². The van der Waals surface area contributed by atoms with Gasteiger partial charge in [-0.05, 0) is 13.6 Å². The zero-order valence-corrected chi connectivity index (χ0v) is 10.3. The van der Waals surface area contributed by atoms with Crippen LogP contribution < -0.4 is 5.32 Å². The normalized spacial score (nSPS) is 13.3. The molecule has 1 aromatic rings. The van der Waals surface area contributed by atoms with E-state index in [1.165, 1.54) is 0 Å². The standard InChI is InChI=1S/C11H22N4O/c1-4-12-10(9-16)7-14(2)8-11-13-5-6-15(11)3/h5-6,10,12,16H,4,7-9H2,1-3H3. The van der Waals surface area contributed by atoms with Crippen LogP contribution in [0.25, 0.3) is 0 Å². The summed E-state index contributed by atoms with van der Waals surface area (Å²) < 4.78 is 2.01. The number of hydrogen-bond donors (Lipinski definition) is 2. The lowest BCUT2D eigenvalue weighted by Gasteiger charge is -2.22. The van der Waals surface area contributed by atoms with Crippen molar-refractivity contribution in [2.75, 3.05) is 26.7 Å². The molecule has 5 heteroatoms. The number of hydrogen-bond acceptors (Lipinski definition) is 4. The summed E-state index contributed by atoms with van der Waals surface area (Å²) >= 11 is 0. The number of aliphatic hydroxyl groups is 1. The van der Waals surface area contributed by atoms with Gasteiger partial charge in [0.05, 0.1) is 13.2 Å². The summed E-state index contributed by atoms with van der Waals surface area (Å²) in [5.74, 6) is 1.04. The van der Waals surface area contributed by atoms with Crippen LogP contribution in [0.2, 0.25) is 0 Å². The Morgan fingerprint density at radius 1 is 1.62 bits per heavy atom. The second-order valence-electron chi connectivity index (χ2n) is 4.09. The average molecular weight is 226 g/mol. The van der Waals surface area contributed by atoms with Gasteiger partial charge >= 0.3 is 0 Å². The van der Waals surface area contributed by atoms with Crippen molar-refractivity contribution in [1.82, 2.24) is 19.8 Å². The summed E-state index contributed by atoms with van der Waals surface area (Å²) in [5.41, 5.74) is 0. The zero-order chi connectivity index (χ0) is 12.0. The van der Waals surface area contributed by atoms with Gasteiger partial charge < -0.3 is 15.0 Å². The molecule has 0 aliphatic carbocycles. The van der Waals surface area contributed by atoms with Crippen LogP contribution in [0.15, 0.2) is 12.4 Å². The fraction of sp³-hybridized carbons (Fsp3) is 0.727. The first-order valence-electron chi connectivity index (χ1n) is 5.66. The van der Waals surface area contributed by atoms with Crippen LogP contribution in [0.5, 0.6) is 0 Å². The lowest BCUT2D eigenvalue weighted by molar-refractivity contribution is 0.194. The average Bonchev–Trinajstić information content (AvgIpc) is 2.64. The Hall–Kier alpha value is -0.910. The van der Waals surface area contributed by atoms with Gasteiger partial charge in [0, 0.05) is 32.0 Å². The first-order chi connectivity index (χ1) is 7.67. The highest BCUT2D eigenvalue weighted by atomic mass is 16.3. The van der Waals surface area contributed by atoms with Gasteiger partial charge in [-0.2, -0.15) is 0 Å². The van der Waals surface area contributed by atoms with Crippen LogP contribution in [-0.2, 0) is 13.6 Å². The third kappa shape index (κ3) is 3.92. The second-order valence-corrected chi connectivity index (χ2v) is 4.09. The zero-order valence-electron chi connectivity index (χ0n) is 10.3. The van der Waals surface area contributed by atoms with E-state index < -0.39 is 0 Å². The van der Waals surface area contributed by atoms with Crippen molar-refractivity contribution in [3.05, 3.63) is 18.2 Å². The Balaban J connectivity index is 2.40. The largest absolute Gasteiger partial charge is 0.395 e. The minimum Gasteiger partial charge on any atom is -0.395 e. The number of imidazole rings is 1. The van der Waals surface area contributed by atoms with Crippen LogP contribution in [0.3, 0.4) is 0 Å². The number of nitrogens with zero attached hydrogens (tertiary/aromatic N) is 3. The maximum Gasteiger partial charge on any atom is 0.122 e. The highest BCUT2D eigenvalue weighted by molar-refractivity contribution is 4.90. The maximum atomic E-state index is 9.18. The second kappa shape index (κ2) is 6.62. The SMILES string of the molecule is CCNC(CO)CN(C)Cc1nccn1C. The molecule has 0 aromatic carbocycles. The Morgan fingerprint density at radius 2 is 2.38 bits per heavy atom. The number of rotatable bonds is 7. The molecule has 2 N–H and O–H groups in total. The number of aryl methyl sites for hydroxylation is 1. The lowest BCUT2D eigenvalue weighted by Crippen LogP contribution is -2.42. The first kappa shape index (κ1) is 13.2. The fourth-order valence-electron chi connectivity index (χ4n) is 1.71. The molecule has 0 radical (unpaired) electrons. The molecular formula is C11H22N4O. The summed E-state index contributed by atoms with van der Waals surface area (Å²) in [6.07, 6.45) is 3.74. The van der Waals surface area contributed by atoms with Crippen molar-refractivity contribution >= 4 is 0 Å². The maximum absolute atomic E-state index is 9.18. The van der Waals surface area contributed by atoms with Gasteiger partial charge in [0.15, 0.2) is 0 Å². The van der Waals surface area contributed by atoms with Crippen molar-refractivity contribution in [1.29, 1.82) is 0 Å². The van der Waals surface area contributed by atoms with E-state index in [-0.39, 0.29) is 12.6 Å². The molecule has 1 aromatic heterocycles. The van der Waals surface area contributed by atoms with Crippen molar-refractivity contribution in [2.45, 2.75) is 19.5 Å².